The lowest BCUT2D eigenvalue weighted by molar-refractivity contribution is -0.147. The van der Waals surface area contributed by atoms with Crippen LogP contribution in [0.25, 0.3) is 11.0 Å². The van der Waals surface area contributed by atoms with Crippen molar-refractivity contribution >= 4 is 11.0 Å². The molecule has 0 fully saturated rings. The van der Waals surface area contributed by atoms with E-state index in [9.17, 15) is 13.2 Å². The summed E-state index contributed by atoms with van der Waals surface area (Å²) in [6, 6.07) is 12.6. The number of aromatic nitrogens is 2. The number of aryl methyl sites for hydroxylation is 3. The van der Waals surface area contributed by atoms with Crippen LogP contribution in [0.1, 0.15) is 29.8 Å². The third-order valence-electron chi connectivity index (χ3n) is 4.34. The van der Waals surface area contributed by atoms with Crippen LogP contribution in [0.4, 0.5) is 13.2 Å². The third kappa shape index (κ3) is 3.84. The maximum atomic E-state index is 13.3. The fourth-order valence-corrected chi connectivity index (χ4v) is 3.09. The molecule has 138 valence electrons. The van der Waals surface area contributed by atoms with E-state index < -0.39 is 12.0 Å². The Morgan fingerprint density at radius 1 is 0.962 bits per heavy atom. The van der Waals surface area contributed by atoms with Crippen molar-refractivity contribution in [1.82, 2.24) is 9.55 Å². The highest BCUT2D eigenvalue weighted by Gasteiger charge is 2.37. The summed E-state index contributed by atoms with van der Waals surface area (Å²) in [4.78, 5) is 3.76. The number of hydrogen-bond donors (Lipinski definition) is 0. The zero-order valence-corrected chi connectivity index (χ0v) is 14.8. The monoisotopic (exact) mass is 362 g/mol. The summed E-state index contributed by atoms with van der Waals surface area (Å²) in [5, 5.41) is 0. The van der Waals surface area contributed by atoms with Crippen LogP contribution in [-0.2, 0) is 12.7 Å². The molecule has 0 spiro atoms. The van der Waals surface area contributed by atoms with E-state index in [1.807, 2.05) is 32.0 Å². The quantitative estimate of drug-likeness (QED) is 0.539. The first kappa shape index (κ1) is 18.3. The second kappa shape index (κ2) is 7.40. The number of imidazole rings is 1. The summed E-state index contributed by atoms with van der Waals surface area (Å²) in [5.74, 6) is 0.0194. The van der Waals surface area contributed by atoms with Crippen LogP contribution in [-0.4, -0.2) is 16.2 Å². The minimum atomic E-state index is -4.46. The summed E-state index contributed by atoms with van der Waals surface area (Å²) in [6.45, 7) is 4.69. The number of benzene rings is 2. The highest BCUT2D eigenvalue weighted by atomic mass is 19.4. The molecule has 2 aromatic carbocycles. The molecule has 0 saturated heterocycles. The minimum absolute atomic E-state index is 0.255. The van der Waals surface area contributed by atoms with Gasteiger partial charge in [0.25, 0.3) is 0 Å². The predicted molar refractivity (Wildman–Crippen MR) is 95.4 cm³/mol. The van der Waals surface area contributed by atoms with Crippen LogP contribution in [0.2, 0.25) is 0 Å². The SMILES string of the molecule is Cc1cccc(C)c1OCCCCn1c(C(F)(F)F)nc2ccccc21. The fraction of sp³-hybridized carbons (Fsp3) is 0.350. The summed E-state index contributed by atoms with van der Waals surface area (Å²) in [6.07, 6.45) is -3.22. The number of unbranched alkanes of at least 4 members (excludes halogenated alkanes) is 1. The van der Waals surface area contributed by atoms with Gasteiger partial charge in [-0.2, -0.15) is 13.2 Å². The Balaban J connectivity index is 1.65. The molecule has 1 heterocycles. The smallest absolute Gasteiger partial charge is 0.449 e. The number of para-hydroxylation sites is 3. The number of hydrogen-bond acceptors (Lipinski definition) is 2. The molecular formula is C20H21F3N2O. The topological polar surface area (TPSA) is 27.1 Å². The van der Waals surface area contributed by atoms with Gasteiger partial charge in [-0.3, -0.25) is 0 Å². The van der Waals surface area contributed by atoms with E-state index in [0.29, 0.717) is 30.5 Å². The maximum Gasteiger partial charge on any atom is 0.449 e. The average molecular weight is 362 g/mol. The highest BCUT2D eigenvalue weighted by Crippen LogP contribution is 2.31. The maximum absolute atomic E-state index is 13.3. The average Bonchev–Trinajstić information content (AvgIpc) is 2.96. The molecule has 3 rings (SSSR count). The van der Waals surface area contributed by atoms with Gasteiger partial charge in [0, 0.05) is 6.54 Å². The summed E-state index contributed by atoms with van der Waals surface area (Å²) < 4.78 is 46.9. The van der Waals surface area contributed by atoms with Gasteiger partial charge in [-0.15, -0.1) is 0 Å². The van der Waals surface area contributed by atoms with Crippen LogP contribution in [0.3, 0.4) is 0 Å². The van der Waals surface area contributed by atoms with E-state index in [2.05, 4.69) is 4.98 Å². The van der Waals surface area contributed by atoms with E-state index in [1.165, 1.54) is 4.57 Å². The molecule has 3 aromatic rings. The molecular weight excluding hydrogens is 341 g/mol. The standard InChI is InChI=1S/C20H21F3N2O/c1-14-8-7-9-15(2)18(14)26-13-6-5-12-25-17-11-4-3-10-16(17)24-19(25)20(21,22)23/h3-4,7-11H,5-6,12-13H2,1-2H3. The second-order valence-electron chi connectivity index (χ2n) is 6.35. The van der Waals surface area contributed by atoms with Gasteiger partial charge in [0.05, 0.1) is 17.6 Å². The number of alkyl halides is 3. The molecule has 0 aliphatic heterocycles. The van der Waals surface area contributed by atoms with Crippen LogP contribution in [0.5, 0.6) is 5.75 Å². The normalized spacial score (nSPS) is 11.9. The van der Waals surface area contributed by atoms with Crippen molar-refractivity contribution in [2.24, 2.45) is 0 Å². The largest absolute Gasteiger partial charge is 0.493 e. The minimum Gasteiger partial charge on any atom is -0.493 e. The first-order valence-electron chi connectivity index (χ1n) is 8.59. The van der Waals surface area contributed by atoms with Crippen LogP contribution < -0.4 is 4.74 Å². The van der Waals surface area contributed by atoms with Gasteiger partial charge in [0.2, 0.25) is 5.82 Å². The Morgan fingerprint density at radius 3 is 2.35 bits per heavy atom. The van der Waals surface area contributed by atoms with Crippen molar-refractivity contribution < 1.29 is 17.9 Å². The lowest BCUT2D eigenvalue weighted by atomic mass is 10.1. The molecule has 0 aliphatic carbocycles. The van der Waals surface area contributed by atoms with E-state index >= 15 is 0 Å². The number of rotatable bonds is 6. The number of nitrogens with zero attached hydrogens (tertiary/aromatic N) is 2. The molecule has 6 heteroatoms. The zero-order chi connectivity index (χ0) is 18.7. The molecule has 0 aliphatic rings. The van der Waals surface area contributed by atoms with E-state index in [4.69, 9.17) is 4.74 Å². The van der Waals surface area contributed by atoms with Gasteiger partial charge in [0.15, 0.2) is 0 Å². The molecule has 0 bridgehead atoms. The van der Waals surface area contributed by atoms with E-state index in [1.54, 1.807) is 24.3 Å². The molecule has 0 N–H and O–H groups in total. The molecule has 0 atom stereocenters. The summed E-state index contributed by atoms with van der Waals surface area (Å²) in [7, 11) is 0. The Hall–Kier alpha value is -2.50. The van der Waals surface area contributed by atoms with E-state index in [-0.39, 0.29) is 6.54 Å². The van der Waals surface area contributed by atoms with E-state index in [0.717, 1.165) is 16.9 Å². The van der Waals surface area contributed by atoms with Gasteiger partial charge in [0.1, 0.15) is 5.75 Å². The Morgan fingerprint density at radius 2 is 1.65 bits per heavy atom. The number of fused-ring (bicyclic) bond motifs is 1. The van der Waals surface area contributed by atoms with Crippen molar-refractivity contribution in [3.8, 4) is 5.75 Å². The van der Waals surface area contributed by atoms with Crippen LogP contribution in [0.15, 0.2) is 42.5 Å². The van der Waals surface area contributed by atoms with Crippen molar-refractivity contribution in [3.05, 3.63) is 59.4 Å². The van der Waals surface area contributed by atoms with Gasteiger partial charge >= 0.3 is 6.18 Å². The van der Waals surface area contributed by atoms with Gasteiger partial charge in [-0.25, -0.2) is 4.98 Å². The molecule has 0 radical (unpaired) electrons. The summed E-state index contributed by atoms with van der Waals surface area (Å²) in [5.41, 5.74) is 3.00. The predicted octanol–water partition coefficient (Wildman–Crippen LogP) is 5.53. The highest BCUT2D eigenvalue weighted by molar-refractivity contribution is 5.76. The van der Waals surface area contributed by atoms with Gasteiger partial charge in [-0.1, -0.05) is 30.3 Å². The van der Waals surface area contributed by atoms with Crippen molar-refractivity contribution in [3.63, 3.8) is 0 Å². The first-order valence-corrected chi connectivity index (χ1v) is 8.59. The first-order chi connectivity index (χ1) is 12.4. The van der Waals surface area contributed by atoms with Crippen LogP contribution in [0, 0.1) is 13.8 Å². The Kier molecular flexibility index (Phi) is 5.20. The fourth-order valence-electron chi connectivity index (χ4n) is 3.09. The zero-order valence-electron chi connectivity index (χ0n) is 14.8. The number of halogens is 3. The third-order valence-corrected chi connectivity index (χ3v) is 4.34. The molecule has 0 saturated carbocycles. The van der Waals surface area contributed by atoms with Gasteiger partial charge in [-0.05, 0) is 49.9 Å². The van der Waals surface area contributed by atoms with Crippen LogP contribution >= 0.6 is 0 Å². The molecule has 0 amide bonds. The van der Waals surface area contributed by atoms with Crippen molar-refractivity contribution in [1.29, 1.82) is 0 Å². The lowest BCUT2D eigenvalue weighted by Crippen LogP contribution is -2.15. The Labute approximate surface area is 150 Å². The lowest BCUT2D eigenvalue weighted by Gasteiger charge is -2.13. The molecule has 26 heavy (non-hydrogen) atoms. The van der Waals surface area contributed by atoms with Crippen molar-refractivity contribution in [2.45, 2.75) is 39.4 Å². The van der Waals surface area contributed by atoms with Crippen molar-refractivity contribution in [2.75, 3.05) is 6.61 Å². The molecule has 1 aromatic heterocycles. The second-order valence-corrected chi connectivity index (χ2v) is 6.35. The molecule has 3 nitrogen and oxygen atoms in total. The molecule has 0 unspecified atom stereocenters. The number of ether oxygens (including phenoxy) is 1. The summed E-state index contributed by atoms with van der Waals surface area (Å²) >= 11 is 0. The van der Waals surface area contributed by atoms with Gasteiger partial charge < -0.3 is 9.30 Å². The Bertz CT molecular complexity index is 879.